The van der Waals surface area contributed by atoms with Crippen LogP contribution in [0.25, 0.3) is 0 Å². The van der Waals surface area contributed by atoms with Gasteiger partial charge in [-0.05, 0) is 52.4 Å². The van der Waals surface area contributed by atoms with E-state index in [0.29, 0.717) is 5.56 Å². The van der Waals surface area contributed by atoms with Crippen LogP contribution in [-0.4, -0.2) is 13.1 Å². The summed E-state index contributed by atoms with van der Waals surface area (Å²) in [6, 6.07) is 41.6. The van der Waals surface area contributed by atoms with Gasteiger partial charge in [0, 0.05) is 0 Å². The van der Waals surface area contributed by atoms with Crippen LogP contribution in [0.3, 0.4) is 0 Å². The second-order valence-corrected chi connectivity index (χ2v) is 15.7. The van der Waals surface area contributed by atoms with E-state index in [4.69, 9.17) is 22.8 Å². The Labute approximate surface area is 281 Å². The van der Waals surface area contributed by atoms with Crippen molar-refractivity contribution in [2.75, 3.05) is 7.11 Å². The Balaban J connectivity index is 1.66. The number of ether oxygens (including phenoxy) is 1. The molecule has 5 aromatic rings. The molecule has 0 spiro atoms. The molecule has 0 atom stereocenters. The highest BCUT2D eigenvalue weighted by molar-refractivity contribution is 7.72. The first-order valence-corrected chi connectivity index (χ1v) is 18.6. The maximum Gasteiger partial charge on any atom is 0.350 e. The lowest BCUT2D eigenvalue weighted by molar-refractivity contribution is 0.0600. The number of hydrogen-bond donors (Lipinski definition) is 0. The van der Waals surface area contributed by atoms with Crippen LogP contribution in [0.15, 0.2) is 140 Å². The molecule has 0 aliphatic rings. The van der Waals surface area contributed by atoms with Crippen LogP contribution in [0.4, 0.5) is 0 Å². The van der Waals surface area contributed by atoms with Gasteiger partial charge in [0.2, 0.25) is 0 Å². The Kier molecular flexibility index (Phi) is 12.3. The van der Waals surface area contributed by atoms with E-state index in [1.54, 1.807) is 19.1 Å². The molecule has 0 radical (unpaired) electrons. The van der Waals surface area contributed by atoms with Crippen LogP contribution in [0, 0.1) is 6.92 Å². The lowest BCUT2D eigenvalue weighted by Gasteiger charge is -2.33. The first kappa shape index (κ1) is 35.2. The molecule has 248 valence electrons. The topological polar surface area (TPSA) is 97.4 Å². The minimum atomic E-state index is -4.49. The van der Waals surface area contributed by atoms with Crippen LogP contribution in [0.1, 0.15) is 49.1 Å². The third kappa shape index (κ3) is 9.48. The van der Waals surface area contributed by atoms with E-state index in [-0.39, 0.29) is 37.6 Å². The molecule has 0 aliphatic heterocycles. The van der Waals surface area contributed by atoms with Crippen molar-refractivity contribution in [3.05, 3.63) is 178 Å². The summed E-state index contributed by atoms with van der Waals surface area (Å²) in [5.74, 6) is -0.616. The number of hydrogen-bond acceptors (Lipinski definition) is 8. The summed E-state index contributed by atoms with van der Waals surface area (Å²) in [5, 5.41) is -1.59. The van der Waals surface area contributed by atoms with Gasteiger partial charge in [-0.1, -0.05) is 127 Å². The highest BCUT2D eigenvalue weighted by atomic mass is 31.2. The molecular weight excluding hydrogens is 646 g/mol. The van der Waals surface area contributed by atoms with Gasteiger partial charge >= 0.3 is 21.2 Å². The molecule has 0 unspecified atom stereocenters. The Morgan fingerprint density at radius 1 is 0.542 bits per heavy atom. The largest absolute Gasteiger partial charge is 0.465 e. The molecule has 5 aromatic carbocycles. The van der Waals surface area contributed by atoms with Crippen molar-refractivity contribution in [2.24, 2.45) is 0 Å². The van der Waals surface area contributed by atoms with Gasteiger partial charge in [0.25, 0.3) is 0 Å². The Morgan fingerprint density at radius 2 is 0.875 bits per heavy atom. The Hall–Kier alpha value is -4.13. The second kappa shape index (κ2) is 16.8. The van der Waals surface area contributed by atoms with E-state index in [1.165, 1.54) is 13.2 Å². The minimum Gasteiger partial charge on any atom is -0.465 e. The smallest absolute Gasteiger partial charge is 0.350 e. The maximum atomic E-state index is 15.5. The average Bonchev–Trinajstić information content (AvgIpc) is 3.13. The fourth-order valence-electron chi connectivity index (χ4n) is 5.05. The summed E-state index contributed by atoms with van der Waals surface area (Å²) in [5.41, 5.74) is 3.94. The molecule has 0 N–H and O–H groups in total. The summed E-state index contributed by atoms with van der Waals surface area (Å²) in [4.78, 5) is 12.8. The second-order valence-electron chi connectivity index (χ2n) is 11.1. The van der Waals surface area contributed by atoms with Crippen molar-refractivity contribution >= 4 is 21.2 Å². The summed E-state index contributed by atoms with van der Waals surface area (Å²) >= 11 is 0. The summed E-state index contributed by atoms with van der Waals surface area (Å²) < 4.78 is 61.0. The Bertz CT molecular complexity index is 1650. The van der Waals surface area contributed by atoms with E-state index in [0.717, 1.165) is 22.3 Å². The zero-order valence-electron chi connectivity index (χ0n) is 26.8. The standard InChI is InChI=1S/C38H38O8P2/c1-30-23-35(37(39)42-2)25-36(24-30)38(47(40,43-26-31-15-7-3-8-16-31)44-27-32-17-9-4-10-18-32)48(41,45-28-33-19-11-5-12-20-33)46-29-34-21-13-6-14-22-34/h3-25,38H,26-29H2,1-2H3. The van der Waals surface area contributed by atoms with Gasteiger partial charge in [-0.3, -0.25) is 9.13 Å². The molecule has 0 aliphatic carbocycles. The monoisotopic (exact) mass is 684 g/mol. The van der Waals surface area contributed by atoms with Gasteiger partial charge in [-0.25, -0.2) is 4.79 Å². The number of carbonyl (C=O) groups is 1. The van der Waals surface area contributed by atoms with Gasteiger partial charge in [0.15, 0.2) is 5.40 Å². The molecule has 0 heterocycles. The quantitative estimate of drug-likeness (QED) is 0.0748. The predicted molar refractivity (Wildman–Crippen MR) is 185 cm³/mol. The van der Waals surface area contributed by atoms with Crippen molar-refractivity contribution in [2.45, 2.75) is 38.8 Å². The maximum absolute atomic E-state index is 15.5. The zero-order chi connectivity index (χ0) is 33.8. The molecule has 0 aromatic heterocycles. The van der Waals surface area contributed by atoms with Gasteiger partial charge in [0.1, 0.15) is 0 Å². The molecule has 0 amide bonds. The number of benzene rings is 5. The number of rotatable bonds is 16. The number of methoxy groups -OCH3 is 1. The van der Waals surface area contributed by atoms with Gasteiger partial charge < -0.3 is 22.8 Å². The van der Waals surface area contributed by atoms with E-state index >= 15 is 9.13 Å². The van der Waals surface area contributed by atoms with Crippen LogP contribution in [0.5, 0.6) is 0 Å². The molecule has 0 fully saturated rings. The van der Waals surface area contributed by atoms with Crippen molar-refractivity contribution in [1.29, 1.82) is 0 Å². The van der Waals surface area contributed by atoms with E-state index < -0.39 is 26.6 Å². The average molecular weight is 685 g/mol. The first-order chi connectivity index (χ1) is 23.3. The molecule has 8 nitrogen and oxygen atoms in total. The van der Waals surface area contributed by atoms with E-state index in [2.05, 4.69) is 0 Å². The van der Waals surface area contributed by atoms with E-state index in [1.807, 2.05) is 121 Å². The molecule has 0 saturated carbocycles. The molecule has 0 bridgehead atoms. The Morgan fingerprint density at radius 3 is 1.19 bits per heavy atom. The fraction of sp³-hybridized carbons (Fsp3) is 0.184. The lowest BCUT2D eigenvalue weighted by atomic mass is 10.1. The van der Waals surface area contributed by atoms with Crippen molar-refractivity contribution < 1.29 is 36.8 Å². The van der Waals surface area contributed by atoms with Crippen LogP contribution < -0.4 is 0 Å². The van der Waals surface area contributed by atoms with Crippen molar-refractivity contribution in [3.63, 3.8) is 0 Å². The normalized spacial score (nSPS) is 11.8. The van der Waals surface area contributed by atoms with Crippen molar-refractivity contribution in [1.82, 2.24) is 0 Å². The van der Waals surface area contributed by atoms with Crippen LogP contribution in [0.2, 0.25) is 0 Å². The molecule has 48 heavy (non-hydrogen) atoms. The van der Waals surface area contributed by atoms with Gasteiger partial charge in [-0.2, -0.15) is 0 Å². The van der Waals surface area contributed by atoms with Crippen LogP contribution >= 0.6 is 15.2 Å². The van der Waals surface area contributed by atoms with Crippen molar-refractivity contribution in [3.8, 4) is 0 Å². The van der Waals surface area contributed by atoms with Gasteiger partial charge in [-0.15, -0.1) is 0 Å². The lowest BCUT2D eigenvalue weighted by Crippen LogP contribution is -2.13. The van der Waals surface area contributed by atoms with Crippen LogP contribution in [-0.2, 0) is 58.4 Å². The predicted octanol–water partition coefficient (Wildman–Crippen LogP) is 10.0. The third-order valence-corrected chi connectivity index (χ3v) is 12.9. The fourth-order valence-corrected chi connectivity index (χ4v) is 10.3. The SMILES string of the molecule is COC(=O)c1cc(C)cc(C(P(=O)(OCc2ccccc2)OCc2ccccc2)P(=O)(OCc2ccccc2)OCc2ccccc2)c1. The molecular formula is C38H38O8P2. The number of aryl methyl sites for hydroxylation is 1. The molecule has 10 heteroatoms. The highest BCUT2D eigenvalue weighted by Gasteiger charge is 2.53. The van der Waals surface area contributed by atoms with E-state index in [9.17, 15) is 4.79 Å². The van der Waals surface area contributed by atoms with Gasteiger partial charge in [0.05, 0.1) is 39.1 Å². The minimum absolute atomic E-state index is 0.115. The molecule has 5 rings (SSSR count). The third-order valence-electron chi connectivity index (χ3n) is 7.43. The summed E-state index contributed by atoms with van der Waals surface area (Å²) in [7, 11) is -7.71. The summed E-state index contributed by atoms with van der Waals surface area (Å²) in [6.07, 6.45) is 0. The zero-order valence-corrected chi connectivity index (χ0v) is 28.6. The number of carbonyl (C=O) groups excluding carboxylic acids is 1. The molecule has 0 saturated heterocycles. The first-order valence-electron chi connectivity index (χ1n) is 15.4. The highest BCUT2D eigenvalue weighted by Crippen LogP contribution is 2.79. The number of esters is 1. The summed E-state index contributed by atoms with van der Waals surface area (Å²) in [6.45, 7) is 1.31.